The van der Waals surface area contributed by atoms with E-state index in [2.05, 4.69) is 5.32 Å². The fourth-order valence-electron chi connectivity index (χ4n) is 1.82. The van der Waals surface area contributed by atoms with Crippen molar-refractivity contribution in [2.24, 2.45) is 0 Å². The minimum atomic E-state index is 0.216. The minimum absolute atomic E-state index is 0.216. The smallest absolute Gasteiger partial charge is 0.228 e. The molecule has 0 unspecified atom stereocenters. The molecule has 3 nitrogen and oxygen atoms in total. The summed E-state index contributed by atoms with van der Waals surface area (Å²) >= 11 is 0. The average Bonchev–Trinajstić information content (AvgIpc) is 2.25. The van der Waals surface area contributed by atoms with Crippen LogP contribution in [-0.2, 0) is 4.79 Å². The van der Waals surface area contributed by atoms with Crippen LogP contribution >= 0.6 is 0 Å². The van der Waals surface area contributed by atoms with Gasteiger partial charge < -0.3 is 10.2 Å². The van der Waals surface area contributed by atoms with Crippen LogP contribution in [0.15, 0.2) is 30.3 Å². The molecule has 0 aromatic heterocycles. The molecule has 0 radical (unpaired) electrons. The van der Waals surface area contributed by atoms with E-state index in [0.717, 1.165) is 31.7 Å². The summed E-state index contributed by atoms with van der Waals surface area (Å²) in [5.41, 5.74) is 1.02. The highest BCUT2D eigenvalue weighted by atomic mass is 16.2. The van der Waals surface area contributed by atoms with Gasteiger partial charge in [0.1, 0.15) is 0 Å². The molecule has 0 spiro atoms. The normalized spacial score (nSPS) is 18.4. The van der Waals surface area contributed by atoms with Crippen LogP contribution in [0.2, 0.25) is 0 Å². The first-order valence-electron chi connectivity index (χ1n) is 5.44. The van der Waals surface area contributed by atoms with Crippen LogP contribution in [0, 0.1) is 0 Å². The first-order valence-corrected chi connectivity index (χ1v) is 5.44. The fourth-order valence-corrected chi connectivity index (χ4v) is 1.82. The fraction of sp³-hybridized carbons (Fsp3) is 0.417. The molecule has 1 fully saturated rings. The van der Waals surface area contributed by atoms with Crippen molar-refractivity contribution in [2.45, 2.75) is 12.8 Å². The molecule has 1 heterocycles. The van der Waals surface area contributed by atoms with Gasteiger partial charge in [0.2, 0.25) is 5.91 Å². The van der Waals surface area contributed by atoms with E-state index in [9.17, 15) is 4.79 Å². The van der Waals surface area contributed by atoms with Gasteiger partial charge in [-0.2, -0.15) is 0 Å². The maximum Gasteiger partial charge on any atom is 0.228 e. The van der Waals surface area contributed by atoms with Crippen LogP contribution in [0.4, 0.5) is 5.69 Å². The summed E-state index contributed by atoms with van der Waals surface area (Å²) in [5, 5.41) is 3.24. The van der Waals surface area contributed by atoms with Crippen LogP contribution in [0.3, 0.4) is 0 Å². The molecule has 0 atom stereocenters. The first kappa shape index (κ1) is 10.2. The van der Waals surface area contributed by atoms with E-state index in [1.165, 1.54) is 0 Å². The second-order valence-electron chi connectivity index (χ2n) is 3.73. The Morgan fingerprint density at radius 1 is 1.13 bits per heavy atom. The van der Waals surface area contributed by atoms with Crippen LogP contribution < -0.4 is 10.2 Å². The molecule has 1 saturated heterocycles. The van der Waals surface area contributed by atoms with Gasteiger partial charge in [0.15, 0.2) is 0 Å². The molecule has 0 saturated carbocycles. The number of nitrogens with zero attached hydrogens (tertiary/aromatic N) is 1. The molecule has 1 aromatic carbocycles. The highest BCUT2D eigenvalue weighted by molar-refractivity contribution is 5.93. The summed E-state index contributed by atoms with van der Waals surface area (Å²) in [7, 11) is 0. The van der Waals surface area contributed by atoms with Crippen molar-refractivity contribution in [1.29, 1.82) is 0 Å². The maximum atomic E-state index is 11.9. The molecule has 1 aliphatic heterocycles. The van der Waals surface area contributed by atoms with Gasteiger partial charge in [-0.05, 0) is 25.1 Å². The summed E-state index contributed by atoms with van der Waals surface area (Å²) < 4.78 is 0. The topological polar surface area (TPSA) is 32.3 Å². The number of anilines is 1. The van der Waals surface area contributed by atoms with Gasteiger partial charge in [-0.25, -0.2) is 0 Å². The Kier molecular flexibility index (Phi) is 3.35. The Morgan fingerprint density at radius 3 is 2.73 bits per heavy atom. The van der Waals surface area contributed by atoms with Crippen molar-refractivity contribution in [1.82, 2.24) is 5.32 Å². The zero-order chi connectivity index (χ0) is 10.5. The van der Waals surface area contributed by atoms with E-state index in [4.69, 9.17) is 0 Å². The number of nitrogens with one attached hydrogen (secondary N) is 1. The molecule has 1 N–H and O–H groups in total. The molecule has 1 aliphatic rings. The van der Waals surface area contributed by atoms with E-state index in [-0.39, 0.29) is 5.91 Å². The van der Waals surface area contributed by atoms with E-state index < -0.39 is 0 Å². The number of amides is 1. The third kappa shape index (κ3) is 2.57. The lowest BCUT2D eigenvalue weighted by atomic mass is 10.2. The van der Waals surface area contributed by atoms with Gasteiger partial charge in [0, 0.05) is 25.2 Å². The first-order chi connectivity index (χ1) is 7.38. The molecule has 3 heteroatoms. The van der Waals surface area contributed by atoms with Crippen LogP contribution in [-0.4, -0.2) is 25.5 Å². The standard InChI is InChI=1S/C12H16N2O/c15-12-7-9-13-8-4-10-14(12)11-5-2-1-3-6-11/h1-3,5-6,13H,4,7-10H2. The van der Waals surface area contributed by atoms with Crippen LogP contribution in [0.1, 0.15) is 12.8 Å². The molecule has 0 bridgehead atoms. The van der Waals surface area contributed by atoms with Gasteiger partial charge in [-0.1, -0.05) is 18.2 Å². The summed E-state index contributed by atoms with van der Waals surface area (Å²) in [6, 6.07) is 9.90. The van der Waals surface area contributed by atoms with Gasteiger partial charge in [-0.15, -0.1) is 0 Å². The summed E-state index contributed by atoms with van der Waals surface area (Å²) in [4.78, 5) is 13.7. The van der Waals surface area contributed by atoms with Crippen molar-refractivity contribution in [3.63, 3.8) is 0 Å². The summed E-state index contributed by atoms with van der Waals surface area (Å²) in [5.74, 6) is 0.216. The van der Waals surface area contributed by atoms with Crippen LogP contribution in [0.25, 0.3) is 0 Å². The maximum absolute atomic E-state index is 11.9. The monoisotopic (exact) mass is 204 g/mol. The summed E-state index contributed by atoms with van der Waals surface area (Å²) in [6.07, 6.45) is 1.61. The third-order valence-corrected chi connectivity index (χ3v) is 2.62. The SMILES string of the molecule is O=C1CCNCCCN1c1ccccc1. The minimum Gasteiger partial charge on any atom is -0.316 e. The van der Waals surface area contributed by atoms with E-state index in [1.54, 1.807) is 0 Å². The van der Waals surface area contributed by atoms with Crippen molar-refractivity contribution < 1.29 is 4.79 Å². The predicted molar refractivity (Wildman–Crippen MR) is 60.9 cm³/mol. The van der Waals surface area contributed by atoms with E-state index in [0.29, 0.717) is 6.42 Å². The molecule has 1 aromatic rings. The number of carbonyl (C=O) groups is 1. The average molecular weight is 204 g/mol. The van der Waals surface area contributed by atoms with Crippen LogP contribution in [0.5, 0.6) is 0 Å². The van der Waals surface area contributed by atoms with E-state index in [1.807, 2.05) is 35.2 Å². The highest BCUT2D eigenvalue weighted by Gasteiger charge is 2.16. The Bertz CT molecular complexity index is 324. The third-order valence-electron chi connectivity index (χ3n) is 2.62. The van der Waals surface area contributed by atoms with Crippen molar-refractivity contribution in [3.05, 3.63) is 30.3 Å². The van der Waals surface area contributed by atoms with Crippen molar-refractivity contribution in [3.8, 4) is 0 Å². The Balaban J connectivity index is 2.14. The Labute approximate surface area is 90.1 Å². The Hall–Kier alpha value is -1.35. The lowest BCUT2D eigenvalue weighted by molar-refractivity contribution is -0.118. The molecule has 2 rings (SSSR count). The molecule has 80 valence electrons. The molecular weight excluding hydrogens is 188 g/mol. The predicted octanol–water partition coefficient (Wildman–Crippen LogP) is 1.40. The van der Waals surface area contributed by atoms with Crippen molar-refractivity contribution >= 4 is 11.6 Å². The number of benzene rings is 1. The van der Waals surface area contributed by atoms with Gasteiger partial charge in [-0.3, -0.25) is 4.79 Å². The zero-order valence-corrected chi connectivity index (χ0v) is 8.78. The van der Waals surface area contributed by atoms with E-state index >= 15 is 0 Å². The number of hydrogen-bond donors (Lipinski definition) is 1. The second-order valence-corrected chi connectivity index (χ2v) is 3.73. The zero-order valence-electron chi connectivity index (χ0n) is 8.78. The Morgan fingerprint density at radius 2 is 1.93 bits per heavy atom. The molecular formula is C12H16N2O. The van der Waals surface area contributed by atoms with Crippen molar-refractivity contribution in [2.75, 3.05) is 24.5 Å². The second kappa shape index (κ2) is 4.94. The highest BCUT2D eigenvalue weighted by Crippen LogP contribution is 2.15. The number of hydrogen-bond acceptors (Lipinski definition) is 2. The van der Waals surface area contributed by atoms with Gasteiger partial charge in [0.25, 0.3) is 0 Å². The largest absolute Gasteiger partial charge is 0.316 e. The van der Waals surface area contributed by atoms with Gasteiger partial charge >= 0.3 is 0 Å². The number of para-hydroxylation sites is 1. The number of carbonyl (C=O) groups excluding carboxylic acids is 1. The van der Waals surface area contributed by atoms with Gasteiger partial charge in [0.05, 0.1) is 0 Å². The quantitative estimate of drug-likeness (QED) is 0.750. The number of rotatable bonds is 1. The lowest BCUT2D eigenvalue weighted by Gasteiger charge is -2.25. The molecule has 0 aliphatic carbocycles. The molecule has 15 heavy (non-hydrogen) atoms. The summed E-state index contributed by atoms with van der Waals surface area (Å²) in [6.45, 7) is 2.61. The molecule has 1 amide bonds. The lowest BCUT2D eigenvalue weighted by Crippen LogP contribution is -2.38.